The number of phenolic OH excluding ortho intramolecular Hbond substituents is 1. The summed E-state index contributed by atoms with van der Waals surface area (Å²) in [5.74, 6) is 0.805. The third-order valence-corrected chi connectivity index (χ3v) is 5.17. The Bertz CT molecular complexity index is 1120. The SMILES string of the molecule is O=c1[nH]c(Cc2ccc(O)cc2)nc2scc(-c3ccccc3Cl)c12. The van der Waals surface area contributed by atoms with Crippen LogP contribution in [0.25, 0.3) is 21.3 Å². The highest BCUT2D eigenvalue weighted by molar-refractivity contribution is 7.17. The van der Waals surface area contributed by atoms with Crippen LogP contribution in [0.5, 0.6) is 5.75 Å². The Balaban J connectivity index is 1.78. The number of rotatable bonds is 3. The summed E-state index contributed by atoms with van der Waals surface area (Å²) in [6.45, 7) is 0. The molecule has 124 valence electrons. The minimum Gasteiger partial charge on any atom is -0.508 e. The van der Waals surface area contributed by atoms with Crippen molar-refractivity contribution in [1.29, 1.82) is 0 Å². The highest BCUT2D eigenvalue weighted by atomic mass is 35.5. The quantitative estimate of drug-likeness (QED) is 0.555. The zero-order chi connectivity index (χ0) is 17.4. The minimum atomic E-state index is -0.171. The molecule has 0 aliphatic heterocycles. The topological polar surface area (TPSA) is 66.0 Å². The van der Waals surface area contributed by atoms with Crippen LogP contribution < -0.4 is 5.56 Å². The van der Waals surface area contributed by atoms with Gasteiger partial charge in [-0.15, -0.1) is 11.3 Å². The fraction of sp³-hybridized carbons (Fsp3) is 0.0526. The third kappa shape index (κ3) is 3.04. The van der Waals surface area contributed by atoms with Crippen molar-refractivity contribution >= 4 is 33.2 Å². The second-order valence-corrected chi connectivity index (χ2v) is 6.93. The fourth-order valence-electron chi connectivity index (χ4n) is 2.76. The average molecular weight is 369 g/mol. The summed E-state index contributed by atoms with van der Waals surface area (Å²) in [5.41, 5.74) is 2.42. The van der Waals surface area contributed by atoms with Gasteiger partial charge >= 0.3 is 0 Å². The lowest BCUT2D eigenvalue weighted by Gasteiger charge is -2.04. The minimum absolute atomic E-state index is 0.171. The molecular formula is C19H13ClN2O2S. The molecule has 2 N–H and O–H groups in total. The van der Waals surface area contributed by atoms with Crippen molar-refractivity contribution in [2.75, 3.05) is 0 Å². The number of thiophene rings is 1. The maximum atomic E-state index is 12.6. The van der Waals surface area contributed by atoms with Crippen molar-refractivity contribution in [3.63, 3.8) is 0 Å². The van der Waals surface area contributed by atoms with Crippen LogP contribution in [-0.4, -0.2) is 15.1 Å². The Hall–Kier alpha value is -2.63. The third-order valence-electron chi connectivity index (χ3n) is 3.96. The van der Waals surface area contributed by atoms with Gasteiger partial charge in [0, 0.05) is 28.0 Å². The maximum absolute atomic E-state index is 12.6. The Labute approximate surface area is 152 Å². The average Bonchev–Trinajstić information content (AvgIpc) is 3.02. The van der Waals surface area contributed by atoms with E-state index in [1.165, 1.54) is 11.3 Å². The van der Waals surface area contributed by atoms with Gasteiger partial charge in [-0.3, -0.25) is 4.79 Å². The number of hydrogen-bond acceptors (Lipinski definition) is 4. The van der Waals surface area contributed by atoms with Gasteiger partial charge in [-0.25, -0.2) is 4.98 Å². The summed E-state index contributed by atoms with van der Waals surface area (Å²) in [4.78, 5) is 20.8. The van der Waals surface area contributed by atoms with Gasteiger partial charge in [-0.1, -0.05) is 41.9 Å². The first-order valence-corrected chi connectivity index (χ1v) is 8.91. The standard InChI is InChI=1S/C19H13ClN2O2S/c20-15-4-2-1-3-13(15)14-10-25-19-17(14)18(24)21-16(22-19)9-11-5-7-12(23)8-6-11/h1-8,10,23H,9H2,(H,21,22,24). The number of aromatic amines is 1. The first-order valence-electron chi connectivity index (χ1n) is 7.65. The molecule has 2 aromatic carbocycles. The second-order valence-electron chi connectivity index (χ2n) is 5.67. The van der Waals surface area contributed by atoms with Crippen molar-refractivity contribution in [1.82, 2.24) is 9.97 Å². The van der Waals surface area contributed by atoms with Crippen LogP contribution in [0, 0.1) is 0 Å². The number of phenols is 1. The highest BCUT2D eigenvalue weighted by Crippen LogP contribution is 2.34. The van der Waals surface area contributed by atoms with Crippen molar-refractivity contribution in [2.24, 2.45) is 0 Å². The molecule has 0 bridgehead atoms. The molecule has 2 aromatic heterocycles. The molecule has 2 heterocycles. The lowest BCUT2D eigenvalue weighted by atomic mass is 10.1. The Morgan fingerprint density at radius 1 is 1.08 bits per heavy atom. The largest absolute Gasteiger partial charge is 0.508 e. The lowest BCUT2D eigenvalue weighted by Crippen LogP contribution is -2.11. The van der Waals surface area contributed by atoms with Gasteiger partial charge in [0.05, 0.1) is 5.39 Å². The van der Waals surface area contributed by atoms with E-state index in [1.807, 2.05) is 35.7 Å². The number of fused-ring (bicyclic) bond motifs is 1. The van der Waals surface area contributed by atoms with E-state index in [9.17, 15) is 9.90 Å². The van der Waals surface area contributed by atoms with Crippen LogP contribution in [0.2, 0.25) is 5.02 Å². The summed E-state index contributed by atoms with van der Waals surface area (Å²) in [7, 11) is 0. The molecule has 4 rings (SSSR count). The van der Waals surface area contributed by atoms with Gasteiger partial charge in [0.15, 0.2) is 0 Å². The van der Waals surface area contributed by atoms with Crippen molar-refractivity contribution in [3.8, 4) is 16.9 Å². The molecule has 0 aliphatic carbocycles. The van der Waals surface area contributed by atoms with Crippen LogP contribution in [0.4, 0.5) is 0 Å². The molecule has 0 saturated carbocycles. The van der Waals surface area contributed by atoms with Gasteiger partial charge in [-0.2, -0.15) is 0 Å². The number of nitrogens with zero attached hydrogens (tertiary/aromatic N) is 1. The molecule has 25 heavy (non-hydrogen) atoms. The second kappa shape index (κ2) is 6.35. The van der Waals surface area contributed by atoms with E-state index in [-0.39, 0.29) is 11.3 Å². The summed E-state index contributed by atoms with van der Waals surface area (Å²) in [6.07, 6.45) is 0.491. The first kappa shape index (κ1) is 15.9. The lowest BCUT2D eigenvalue weighted by molar-refractivity contribution is 0.475. The van der Waals surface area contributed by atoms with Gasteiger partial charge < -0.3 is 10.1 Å². The van der Waals surface area contributed by atoms with E-state index in [0.717, 1.165) is 16.7 Å². The van der Waals surface area contributed by atoms with Crippen LogP contribution in [0.15, 0.2) is 58.7 Å². The van der Waals surface area contributed by atoms with Crippen molar-refractivity contribution in [2.45, 2.75) is 6.42 Å². The summed E-state index contributed by atoms with van der Waals surface area (Å²) >= 11 is 7.70. The normalized spacial score (nSPS) is 11.1. The fourth-order valence-corrected chi connectivity index (χ4v) is 3.96. The van der Waals surface area contributed by atoms with E-state index in [0.29, 0.717) is 27.5 Å². The molecule has 0 spiro atoms. The maximum Gasteiger partial charge on any atom is 0.260 e. The zero-order valence-electron chi connectivity index (χ0n) is 13.0. The van der Waals surface area contributed by atoms with E-state index in [1.54, 1.807) is 18.2 Å². The van der Waals surface area contributed by atoms with Gasteiger partial charge in [0.1, 0.15) is 16.4 Å². The van der Waals surface area contributed by atoms with Gasteiger partial charge in [0.2, 0.25) is 0 Å². The molecule has 0 fully saturated rings. The number of H-pyrrole nitrogens is 1. The Morgan fingerprint density at radius 3 is 2.60 bits per heavy atom. The van der Waals surface area contributed by atoms with Gasteiger partial charge in [0.25, 0.3) is 5.56 Å². The van der Waals surface area contributed by atoms with Crippen molar-refractivity contribution in [3.05, 3.63) is 80.7 Å². The van der Waals surface area contributed by atoms with E-state index in [2.05, 4.69) is 9.97 Å². The summed E-state index contributed by atoms with van der Waals surface area (Å²) in [6, 6.07) is 14.3. The van der Waals surface area contributed by atoms with Crippen LogP contribution in [0.3, 0.4) is 0 Å². The smallest absolute Gasteiger partial charge is 0.260 e. The van der Waals surface area contributed by atoms with Gasteiger partial charge in [-0.05, 0) is 23.8 Å². The zero-order valence-corrected chi connectivity index (χ0v) is 14.6. The summed E-state index contributed by atoms with van der Waals surface area (Å²) < 4.78 is 0. The first-order chi connectivity index (χ1) is 12.1. The van der Waals surface area contributed by atoms with Crippen molar-refractivity contribution < 1.29 is 5.11 Å². The van der Waals surface area contributed by atoms with E-state index < -0.39 is 0 Å². The molecule has 4 nitrogen and oxygen atoms in total. The number of aromatic nitrogens is 2. The molecule has 0 unspecified atom stereocenters. The number of aromatic hydroxyl groups is 1. The molecule has 6 heteroatoms. The molecule has 0 amide bonds. The van der Waals surface area contributed by atoms with E-state index >= 15 is 0 Å². The molecule has 0 radical (unpaired) electrons. The molecule has 4 aromatic rings. The number of nitrogens with one attached hydrogen (secondary N) is 1. The Kier molecular flexibility index (Phi) is 4.03. The van der Waals surface area contributed by atoms with Crippen LogP contribution in [-0.2, 0) is 6.42 Å². The Morgan fingerprint density at radius 2 is 1.84 bits per heavy atom. The van der Waals surface area contributed by atoms with Crippen LogP contribution in [0.1, 0.15) is 11.4 Å². The predicted octanol–water partition coefficient (Wildman–Crippen LogP) is 4.60. The number of hydrogen-bond donors (Lipinski definition) is 2. The molecular weight excluding hydrogens is 356 g/mol. The van der Waals surface area contributed by atoms with E-state index in [4.69, 9.17) is 11.6 Å². The number of benzene rings is 2. The van der Waals surface area contributed by atoms with Crippen LogP contribution >= 0.6 is 22.9 Å². The highest BCUT2D eigenvalue weighted by Gasteiger charge is 2.14. The molecule has 0 saturated heterocycles. The molecule has 0 aliphatic rings. The number of halogens is 1. The summed E-state index contributed by atoms with van der Waals surface area (Å²) in [5, 5.41) is 12.4. The monoisotopic (exact) mass is 368 g/mol. The predicted molar refractivity (Wildman–Crippen MR) is 102 cm³/mol. The molecule has 0 atom stereocenters.